The molecule has 13 nitrogen and oxygen atoms in total. The van der Waals surface area contributed by atoms with Crippen LogP contribution in [0.4, 0.5) is 36.3 Å². The number of anilines is 4. The van der Waals surface area contributed by atoms with Gasteiger partial charge in [-0.2, -0.15) is 9.97 Å². The summed E-state index contributed by atoms with van der Waals surface area (Å²) in [5, 5.41) is 6.01. The molecule has 2 aromatic heterocycles. The van der Waals surface area contributed by atoms with Gasteiger partial charge in [-0.1, -0.05) is 12.1 Å². The number of aromatic nitrogens is 3. The smallest absolute Gasteiger partial charge is 0.277 e. The molecule has 17 heteroatoms. The summed E-state index contributed by atoms with van der Waals surface area (Å²) in [4.78, 5) is 50.5. The molecule has 0 saturated carbocycles. The van der Waals surface area contributed by atoms with E-state index in [1.807, 2.05) is 40.8 Å². The summed E-state index contributed by atoms with van der Waals surface area (Å²) in [6.45, 7) is 7.68. The Kier molecular flexibility index (Phi) is 12.1. The van der Waals surface area contributed by atoms with E-state index >= 15 is 0 Å². The van der Waals surface area contributed by atoms with Crippen LogP contribution in [0.5, 0.6) is 0 Å². The van der Waals surface area contributed by atoms with Crippen LogP contribution in [0, 0.1) is 21.0 Å². The predicted octanol–water partition coefficient (Wildman–Crippen LogP) is 6.00. The van der Waals surface area contributed by atoms with E-state index in [1.165, 1.54) is 12.1 Å². The zero-order valence-corrected chi connectivity index (χ0v) is 32.6. The van der Waals surface area contributed by atoms with Crippen LogP contribution in [0.1, 0.15) is 34.6 Å². The molecule has 0 bridgehead atoms. The van der Waals surface area contributed by atoms with Gasteiger partial charge in [0.15, 0.2) is 17.3 Å². The van der Waals surface area contributed by atoms with E-state index in [1.54, 1.807) is 24.3 Å². The van der Waals surface area contributed by atoms with Gasteiger partial charge in [0.1, 0.15) is 11.6 Å². The van der Waals surface area contributed by atoms with Crippen LogP contribution in [0.3, 0.4) is 0 Å². The molecule has 0 aliphatic carbocycles. The maximum absolute atomic E-state index is 14.8. The Hall–Kier alpha value is -5.11. The Morgan fingerprint density at radius 3 is 2.39 bits per heavy atom. The Labute approximate surface area is 334 Å². The van der Waals surface area contributed by atoms with Gasteiger partial charge in [0.2, 0.25) is 5.95 Å². The number of rotatable bonds is 11. The van der Waals surface area contributed by atoms with Crippen LogP contribution in [0.25, 0.3) is 22.3 Å². The fourth-order valence-electron chi connectivity index (χ4n) is 6.45. The van der Waals surface area contributed by atoms with Crippen LogP contribution < -0.4 is 25.9 Å². The molecule has 2 aliphatic rings. The molecule has 0 radical (unpaired) electrons. The molecule has 4 heterocycles. The molecule has 56 heavy (non-hydrogen) atoms. The lowest BCUT2D eigenvalue weighted by atomic mass is 10.1. The Bertz CT molecular complexity index is 2270. The van der Waals surface area contributed by atoms with Gasteiger partial charge in [0, 0.05) is 34.3 Å². The van der Waals surface area contributed by atoms with Crippen LogP contribution in [0.15, 0.2) is 66.7 Å². The first kappa shape index (κ1) is 39.1. The van der Waals surface area contributed by atoms with Crippen molar-refractivity contribution in [1.29, 1.82) is 0 Å². The number of halogens is 4. The molecular formula is C39H38F3IN8O5. The quantitative estimate of drug-likeness (QED) is 0.0818. The first-order valence-electron chi connectivity index (χ1n) is 18.0. The van der Waals surface area contributed by atoms with Gasteiger partial charge >= 0.3 is 0 Å². The van der Waals surface area contributed by atoms with E-state index in [0.717, 1.165) is 23.3 Å². The van der Waals surface area contributed by atoms with E-state index in [-0.39, 0.29) is 36.5 Å². The fraction of sp³-hybridized carbons (Fsp3) is 0.308. The second-order valence-electron chi connectivity index (χ2n) is 13.3. The van der Waals surface area contributed by atoms with Crippen molar-refractivity contribution in [2.75, 3.05) is 67.8 Å². The summed E-state index contributed by atoms with van der Waals surface area (Å²) in [6, 6.07) is 17.0. The van der Waals surface area contributed by atoms with Crippen molar-refractivity contribution in [3.8, 4) is 11.3 Å². The number of nitrogens with one attached hydrogen (secondary N) is 3. The first-order chi connectivity index (χ1) is 27.1. The van der Waals surface area contributed by atoms with Crippen molar-refractivity contribution < 1.29 is 37.1 Å². The van der Waals surface area contributed by atoms with Crippen molar-refractivity contribution in [3.05, 3.63) is 98.9 Å². The lowest BCUT2D eigenvalue weighted by Gasteiger charge is -2.37. The largest absolute Gasteiger partial charge is 0.377 e. The van der Waals surface area contributed by atoms with Crippen LogP contribution >= 0.6 is 22.6 Å². The number of hydrogen-bond acceptors (Lipinski definition) is 11. The molecule has 5 aromatic rings. The second kappa shape index (κ2) is 17.4. The molecule has 3 aromatic carbocycles. The summed E-state index contributed by atoms with van der Waals surface area (Å²) >= 11 is 1.91. The highest BCUT2D eigenvalue weighted by atomic mass is 127. The standard InChI is InChI=1S/C39H38F3IN8O5/c1-22-20-54-16-13-50(22)36-28-8-11-31(46-35(28)47-39(48-36)51-14-17-55-21-23(51)2)24-4-3-5-25(18-24)37(52)44-12-15-56-49-38(53)27-7-9-29(40)33(42)34(27)45-32-10-6-26(43)19-30(32)41/h3-11,18-19,22-23,45H,12-17,20-21H2,1-2H3,(H,44,52)(H,49,53)/t22-,23-/m1/s1. The van der Waals surface area contributed by atoms with E-state index in [4.69, 9.17) is 29.3 Å². The van der Waals surface area contributed by atoms with Crippen LogP contribution in [-0.4, -0.2) is 91.5 Å². The highest BCUT2D eigenvalue weighted by molar-refractivity contribution is 14.1. The molecule has 2 saturated heterocycles. The lowest BCUT2D eigenvalue weighted by molar-refractivity contribution is 0.0324. The Morgan fingerprint density at radius 2 is 1.64 bits per heavy atom. The van der Waals surface area contributed by atoms with Gasteiger partial charge < -0.3 is 29.9 Å². The highest BCUT2D eigenvalue weighted by Gasteiger charge is 2.28. The minimum Gasteiger partial charge on any atom is -0.377 e. The maximum atomic E-state index is 14.8. The van der Waals surface area contributed by atoms with E-state index < -0.39 is 35.0 Å². The van der Waals surface area contributed by atoms with Gasteiger partial charge in [-0.25, -0.2) is 23.6 Å². The molecule has 7 rings (SSSR count). The molecule has 0 spiro atoms. The summed E-state index contributed by atoms with van der Waals surface area (Å²) < 4.78 is 55.2. The topological polar surface area (TPSA) is 143 Å². The molecule has 3 N–H and O–H groups in total. The molecule has 0 unspecified atom stereocenters. The molecule has 2 aliphatic heterocycles. The summed E-state index contributed by atoms with van der Waals surface area (Å²) in [7, 11) is 0. The number of hydrogen-bond donors (Lipinski definition) is 3. The molecule has 2 atom stereocenters. The number of ether oxygens (including phenoxy) is 2. The van der Waals surface area contributed by atoms with Crippen molar-refractivity contribution >= 4 is 68.6 Å². The Balaban J connectivity index is 1.01. The number of hydroxylamine groups is 1. The number of carbonyl (C=O) groups excluding carboxylic acids is 2. The van der Waals surface area contributed by atoms with Crippen molar-refractivity contribution in [2.45, 2.75) is 25.9 Å². The van der Waals surface area contributed by atoms with E-state index in [0.29, 0.717) is 71.5 Å². The molecule has 2 amide bonds. The fourth-order valence-corrected chi connectivity index (χ4v) is 6.91. The monoisotopic (exact) mass is 882 g/mol. The highest BCUT2D eigenvalue weighted by Crippen LogP contribution is 2.32. The third kappa shape index (κ3) is 8.64. The summed E-state index contributed by atoms with van der Waals surface area (Å²) in [6.07, 6.45) is 0. The van der Waals surface area contributed by atoms with Crippen molar-refractivity contribution in [3.63, 3.8) is 0 Å². The number of fused-ring (bicyclic) bond motifs is 1. The van der Waals surface area contributed by atoms with Gasteiger partial charge in [-0.3, -0.25) is 14.4 Å². The first-order valence-corrected chi connectivity index (χ1v) is 19.0. The second-order valence-corrected chi connectivity index (χ2v) is 14.5. The van der Waals surface area contributed by atoms with Gasteiger partial charge in [-0.05, 0) is 91.0 Å². The number of amides is 2. The zero-order valence-electron chi connectivity index (χ0n) is 30.5. The number of carbonyl (C=O) groups is 2. The average Bonchev–Trinajstić information content (AvgIpc) is 3.20. The zero-order chi connectivity index (χ0) is 39.3. The van der Waals surface area contributed by atoms with Crippen LogP contribution in [0.2, 0.25) is 0 Å². The van der Waals surface area contributed by atoms with Crippen LogP contribution in [-0.2, 0) is 14.3 Å². The van der Waals surface area contributed by atoms with E-state index in [9.17, 15) is 22.8 Å². The average molecular weight is 883 g/mol. The van der Waals surface area contributed by atoms with Gasteiger partial charge in [0.25, 0.3) is 11.8 Å². The normalized spacial score (nSPS) is 17.2. The molecule has 292 valence electrons. The van der Waals surface area contributed by atoms with Crippen molar-refractivity contribution in [2.24, 2.45) is 0 Å². The predicted molar refractivity (Wildman–Crippen MR) is 213 cm³/mol. The maximum Gasteiger partial charge on any atom is 0.277 e. The summed E-state index contributed by atoms with van der Waals surface area (Å²) in [5.41, 5.74) is 3.33. The number of benzene rings is 3. The minimum absolute atomic E-state index is 0.00326. The summed E-state index contributed by atoms with van der Waals surface area (Å²) in [5.74, 6) is -3.24. The SMILES string of the molecule is C[C@@H]1COCCN1c1nc(N2CCOC[C@H]2C)c2ccc(-c3cccc(C(=O)NCCONC(=O)c4ccc(F)c(F)c4Nc4ccc(I)cc4F)c3)nc2n1. The van der Waals surface area contributed by atoms with Gasteiger partial charge in [0.05, 0.1) is 73.1 Å². The number of pyridine rings is 1. The minimum atomic E-state index is -1.36. The number of morpholine rings is 2. The van der Waals surface area contributed by atoms with E-state index in [2.05, 4.69) is 39.8 Å². The molecule has 2 fully saturated rings. The van der Waals surface area contributed by atoms with Gasteiger partial charge in [-0.15, -0.1) is 0 Å². The van der Waals surface area contributed by atoms with Crippen molar-refractivity contribution in [1.82, 2.24) is 25.7 Å². The third-order valence-corrected chi connectivity index (χ3v) is 10.1. The third-order valence-electron chi connectivity index (χ3n) is 9.40. The Morgan fingerprint density at radius 1 is 0.875 bits per heavy atom. The molecular weight excluding hydrogens is 844 g/mol. The lowest BCUT2D eigenvalue weighted by Crippen LogP contribution is -2.46. The number of nitrogens with zero attached hydrogens (tertiary/aromatic N) is 5.